The molecule has 0 N–H and O–H groups in total. The van der Waals surface area contributed by atoms with Crippen LogP contribution in [0.15, 0.2) is 36.5 Å². The molecule has 0 spiro atoms. The topological polar surface area (TPSA) is 18.5 Å². The zero-order valence-corrected chi connectivity index (χ0v) is 36.4. The molecule has 0 radical (unpaired) electrons. The minimum Gasteiger partial charge on any atom is -0.350 e. The van der Waals surface area contributed by atoms with E-state index in [4.69, 9.17) is 21.1 Å². The first kappa shape index (κ1) is 50.4. The molecule has 1 fully saturated rings. The lowest BCUT2D eigenvalue weighted by Crippen LogP contribution is -2.06. The van der Waals surface area contributed by atoms with Crippen molar-refractivity contribution >= 4 is 11.6 Å². The van der Waals surface area contributed by atoms with Gasteiger partial charge in [-0.1, -0.05) is 197 Å². The molecule has 1 aliphatic heterocycles. The van der Waals surface area contributed by atoms with Gasteiger partial charge in [0, 0.05) is 5.88 Å². The highest BCUT2D eigenvalue weighted by molar-refractivity contribution is 6.17. The molecule has 0 bridgehead atoms. The van der Waals surface area contributed by atoms with Crippen molar-refractivity contribution in [2.24, 2.45) is 0 Å². The first-order chi connectivity index (χ1) is 26.4. The average molecular weight is 762 g/mol. The van der Waals surface area contributed by atoms with Gasteiger partial charge in [0.05, 0.1) is 13.2 Å². The molecule has 312 valence electrons. The zero-order chi connectivity index (χ0) is 37.6. The Morgan fingerprint density at radius 1 is 0.283 bits per heavy atom. The van der Waals surface area contributed by atoms with Gasteiger partial charge in [0.25, 0.3) is 0 Å². The van der Waals surface area contributed by atoms with E-state index < -0.39 is 0 Å². The monoisotopic (exact) mass is 761 g/mol. The fourth-order valence-electron chi connectivity index (χ4n) is 7.68. The molecule has 1 heterocycles. The molecule has 0 amide bonds. The van der Waals surface area contributed by atoms with Crippen LogP contribution in [0, 0.1) is 0 Å². The number of rotatable bonds is 44. The lowest BCUT2D eigenvalue weighted by molar-refractivity contribution is -0.0480. The Morgan fingerprint density at radius 2 is 0.491 bits per heavy atom. The normalized spacial score (nSPS) is 14.0. The van der Waals surface area contributed by atoms with E-state index in [0.717, 1.165) is 25.5 Å². The predicted octanol–water partition coefficient (Wildman–Crippen LogP) is 17.9. The summed E-state index contributed by atoms with van der Waals surface area (Å²) in [5.74, 6) is 0.837. The minimum atomic E-state index is 0.0989. The summed E-state index contributed by atoms with van der Waals surface area (Å²) in [4.78, 5) is 0. The Bertz CT molecular complexity index is 755. The van der Waals surface area contributed by atoms with Crippen molar-refractivity contribution in [3.8, 4) is 0 Å². The van der Waals surface area contributed by atoms with Gasteiger partial charge in [0.1, 0.15) is 0 Å². The maximum Gasteiger partial charge on any atom is 0.157 e. The van der Waals surface area contributed by atoms with Gasteiger partial charge < -0.3 is 9.47 Å². The molecule has 0 unspecified atom stereocenters. The van der Waals surface area contributed by atoms with Crippen LogP contribution in [-0.2, 0) is 9.47 Å². The van der Waals surface area contributed by atoms with Crippen LogP contribution in [0.5, 0.6) is 0 Å². The molecule has 1 saturated heterocycles. The highest BCUT2D eigenvalue weighted by atomic mass is 35.5. The summed E-state index contributed by atoms with van der Waals surface area (Å²) in [6.45, 7) is 1.58. The second kappa shape index (κ2) is 45.8. The van der Waals surface area contributed by atoms with Gasteiger partial charge in [-0.15, -0.1) is 11.6 Å². The molecule has 1 aliphatic rings. The quantitative estimate of drug-likeness (QED) is 0.0350. The van der Waals surface area contributed by atoms with E-state index in [-0.39, 0.29) is 6.29 Å². The third-order valence-corrected chi connectivity index (χ3v) is 11.5. The van der Waals surface area contributed by atoms with E-state index in [1.165, 1.54) is 250 Å². The third kappa shape index (κ3) is 42.4. The second-order valence-electron chi connectivity index (χ2n) is 16.5. The number of hydrogen-bond acceptors (Lipinski definition) is 2. The van der Waals surface area contributed by atoms with Crippen LogP contribution in [0.2, 0.25) is 0 Å². The summed E-state index contributed by atoms with van der Waals surface area (Å²) < 4.78 is 11.0. The van der Waals surface area contributed by atoms with Gasteiger partial charge >= 0.3 is 0 Å². The van der Waals surface area contributed by atoms with Crippen LogP contribution in [-0.4, -0.2) is 25.4 Å². The average Bonchev–Trinajstić information content (AvgIpc) is 3.70. The number of hydrogen-bond donors (Lipinski definition) is 0. The highest BCUT2D eigenvalue weighted by Gasteiger charge is 2.14. The molecule has 3 heteroatoms. The lowest BCUT2D eigenvalue weighted by Gasteiger charge is -2.08. The first-order valence-electron chi connectivity index (χ1n) is 24.2. The van der Waals surface area contributed by atoms with Crippen LogP contribution >= 0.6 is 11.6 Å². The number of ether oxygens (including phenoxy) is 2. The van der Waals surface area contributed by atoms with Crippen molar-refractivity contribution in [1.29, 1.82) is 0 Å². The summed E-state index contributed by atoms with van der Waals surface area (Å²) in [6, 6.07) is 0. The first-order valence-corrected chi connectivity index (χ1v) is 24.7. The van der Waals surface area contributed by atoms with Gasteiger partial charge in [0.15, 0.2) is 6.29 Å². The smallest absolute Gasteiger partial charge is 0.157 e. The number of halogens is 1. The van der Waals surface area contributed by atoms with Crippen LogP contribution in [0.3, 0.4) is 0 Å². The maximum absolute atomic E-state index is 5.74. The van der Waals surface area contributed by atoms with E-state index in [2.05, 4.69) is 36.5 Å². The summed E-state index contributed by atoms with van der Waals surface area (Å²) in [6.07, 6.45) is 69.8. The third-order valence-electron chi connectivity index (χ3n) is 11.2. The predicted molar refractivity (Wildman–Crippen MR) is 239 cm³/mol. The van der Waals surface area contributed by atoms with Crippen molar-refractivity contribution < 1.29 is 9.47 Å². The molecule has 0 aliphatic carbocycles. The van der Waals surface area contributed by atoms with Crippen molar-refractivity contribution in [2.45, 2.75) is 263 Å². The summed E-state index contributed by atoms with van der Waals surface area (Å²) in [5.41, 5.74) is 0. The molecule has 0 aromatic carbocycles. The van der Waals surface area contributed by atoms with Crippen molar-refractivity contribution in [1.82, 2.24) is 0 Å². The van der Waals surface area contributed by atoms with Crippen LogP contribution in [0.25, 0.3) is 0 Å². The molecule has 0 aromatic heterocycles. The molecular formula is C50H93ClO2. The maximum atomic E-state index is 5.74. The Labute approximate surface area is 338 Å². The fourth-order valence-corrected chi connectivity index (χ4v) is 7.87. The van der Waals surface area contributed by atoms with E-state index in [1.807, 2.05) is 0 Å². The van der Waals surface area contributed by atoms with Crippen molar-refractivity contribution in [3.05, 3.63) is 36.5 Å². The number of unbranched alkanes of at least 4 members (excludes halogenated alkanes) is 35. The number of allylic oxidation sites excluding steroid dienone is 6. The Kier molecular flexibility index (Phi) is 43.6. The summed E-state index contributed by atoms with van der Waals surface area (Å²) in [7, 11) is 0. The van der Waals surface area contributed by atoms with E-state index >= 15 is 0 Å². The summed E-state index contributed by atoms with van der Waals surface area (Å²) >= 11 is 5.74. The highest BCUT2D eigenvalue weighted by Crippen LogP contribution is 2.17. The molecule has 1 rings (SSSR count). The molecular weight excluding hydrogens is 668 g/mol. The molecule has 2 nitrogen and oxygen atoms in total. The Balaban J connectivity index is 1.64. The Morgan fingerprint density at radius 3 is 0.736 bits per heavy atom. The molecule has 0 aromatic rings. The van der Waals surface area contributed by atoms with Gasteiger partial charge in [-0.05, 0) is 96.3 Å². The van der Waals surface area contributed by atoms with Crippen LogP contribution in [0.1, 0.15) is 257 Å². The minimum absolute atomic E-state index is 0.0989. The summed E-state index contributed by atoms with van der Waals surface area (Å²) in [5, 5.41) is 0. The van der Waals surface area contributed by atoms with Gasteiger partial charge in [-0.25, -0.2) is 0 Å². The standard InChI is InChI=1S/C50H93ClO2/c51-47-45-43-41-39-37-35-33-31-29-27-25-23-21-19-17-15-13-11-9-7-5-3-1-2-4-6-8-10-12-14-16-18-20-22-24-26-28-30-32-34-36-38-40-42-44-46-50-52-48-49-53-50/h1-2,23-26,50H,3-22,27-49H2/b2-1+,25-23+,26-24+. The largest absolute Gasteiger partial charge is 0.350 e. The SMILES string of the molecule is ClCCCCCCCCCCC/C=C/CCCCCCCCCC/C=C/CCCCCCCCCC/C=C/CCCCCCCCCCC1OCCO1. The van der Waals surface area contributed by atoms with Gasteiger partial charge in [-0.3, -0.25) is 0 Å². The molecule has 0 saturated carbocycles. The van der Waals surface area contributed by atoms with Gasteiger partial charge in [0.2, 0.25) is 0 Å². The van der Waals surface area contributed by atoms with Crippen LogP contribution in [0.4, 0.5) is 0 Å². The number of alkyl halides is 1. The lowest BCUT2D eigenvalue weighted by atomic mass is 10.0. The Hall–Kier alpha value is -0.570. The van der Waals surface area contributed by atoms with E-state index in [1.54, 1.807) is 0 Å². The van der Waals surface area contributed by atoms with Crippen molar-refractivity contribution in [3.63, 3.8) is 0 Å². The van der Waals surface area contributed by atoms with E-state index in [9.17, 15) is 0 Å². The van der Waals surface area contributed by atoms with Crippen molar-refractivity contribution in [2.75, 3.05) is 19.1 Å². The zero-order valence-electron chi connectivity index (χ0n) is 35.6. The molecule has 0 atom stereocenters. The van der Waals surface area contributed by atoms with Gasteiger partial charge in [-0.2, -0.15) is 0 Å². The second-order valence-corrected chi connectivity index (χ2v) is 16.8. The van der Waals surface area contributed by atoms with E-state index in [0.29, 0.717) is 0 Å². The van der Waals surface area contributed by atoms with Crippen LogP contribution < -0.4 is 0 Å². The fraction of sp³-hybridized carbons (Fsp3) is 0.880. The molecule has 53 heavy (non-hydrogen) atoms.